The van der Waals surface area contributed by atoms with Crippen LogP contribution in [0.5, 0.6) is 11.5 Å². The Morgan fingerprint density at radius 2 is 1.75 bits per heavy atom. The van der Waals surface area contributed by atoms with Gasteiger partial charge in [0.1, 0.15) is 18.1 Å². The van der Waals surface area contributed by atoms with Crippen LogP contribution in [0.2, 0.25) is 0 Å². The molecule has 0 radical (unpaired) electrons. The first-order chi connectivity index (χ1) is 17.6. The maximum absolute atomic E-state index is 6.37. The third-order valence-electron chi connectivity index (χ3n) is 6.15. The number of hydrogen-bond acceptors (Lipinski definition) is 5. The SMILES string of the molecule is CCOc1cccc(-c2ncc(OC[C@@H](N)Cc3ccccc3)cc2-c2ccc3[nH]nc(C)c3c2)c1. The Morgan fingerprint density at radius 3 is 2.58 bits per heavy atom. The summed E-state index contributed by atoms with van der Waals surface area (Å²) < 4.78 is 11.9. The Hall–Kier alpha value is -4.16. The fourth-order valence-corrected chi connectivity index (χ4v) is 4.37. The maximum atomic E-state index is 6.37. The molecule has 0 spiro atoms. The predicted molar refractivity (Wildman–Crippen MR) is 144 cm³/mol. The molecular weight excluding hydrogens is 448 g/mol. The second-order valence-electron chi connectivity index (χ2n) is 8.86. The monoisotopic (exact) mass is 478 g/mol. The second kappa shape index (κ2) is 10.6. The van der Waals surface area contributed by atoms with Gasteiger partial charge in [0.15, 0.2) is 0 Å². The molecule has 0 aliphatic carbocycles. The minimum absolute atomic E-state index is 0.122. The number of fused-ring (bicyclic) bond motifs is 1. The highest BCUT2D eigenvalue weighted by Gasteiger charge is 2.15. The van der Waals surface area contributed by atoms with Crippen molar-refractivity contribution < 1.29 is 9.47 Å². The molecule has 0 bridgehead atoms. The van der Waals surface area contributed by atoms with E-state index in [1.54, 1.807) is 6.20 Å². The number of pyridine rings is 1. The van der Waals surface area contributed by atoms with Crippen LogP contribution in [-0.4, -0.2) is 34.4 Å². The van der Waals surface area contributed by atoms with Gasteiger partial charge >= 0.3 is 0 Å². The zero-order valence-electron chi connectivity index (χ0n) is 20.6. The van der Waals surface area contributed by atoms with Crippen LogP contribution in [-0.2, 0) is 6.42 Å². The maximum Gasteiger partial charge on any atom is 0.138 e. The fraction of sp³-hybridized carbons (Fsp3) is 0.200. The molecule has 6 heteroatoms. The van der Waals surface area contributed by atoms with Crippen molar-refractivity contribution in [1.29, 1.82) is 0 Å². The number of nitrogens with two attached hydrogens (primary N) is 1. The van der Waals surface area contributed by atoms with Crippen LogP contribution in [0.3, 0.4) is 0 Å². The van der Waals surface area contributed by atoms with Gasteiger partial charge in [-0.1, -0.05) is 48.5 Å². The van der Waals surface area contributed by atoms with E-state index in [4.69, 9.17) is 20.2 Å². The number of aryl methyl sites for hydroxylation is 1. The van der Waals surface area contributed by atoms with Gasteiger partial charge in [0.05, 0.1) is 29.7 Å². The van der Waals surface area contributed by atoms with Gasteiger partial charge in [0.25, 0.3) is 0 Å². The standard InChI is InChI=1S/C30H30N4O2/c1-3-35-25-11-7-10-23(15-25)30-28(22-12-13-29-27(16-22)20(2)33-34-29)17-26(18-32-30)36-19-24(31)14-21-8-5-4-6-9-21/h4-13,15-18,24H,3,14,19,31H2,1-2H3,(H,33,34)/t24-/m0/s1. The summed E-state index contributed by atoms with van der Waals surface area (Å²) in [7, 11) is 0. The first kappa shape index (κ1) is 23.6. The van der Waals surface area contributed by atoms with Gasteiger partial charge in [-0.3, -0.25) is 10.1 Å². The van der Waals surface area contributed by atoms with Gasteiger partial charge in [-0.25, -0.2) is 0 Å². The average molecular weight is 479 g/mol. The number of aromatic amines is 1. The third-order valence-corrected chi connectivity index (χ3v) is 6.15. The molecule has 3 N–H and O–H groups in total. The Balaban J connectivity index is 1.48. The van der Waals surface area contributed by atoms with Crippen LogP contribution in [0.1, 0.15) is 18.2 Å². The number of nitrogens with one attached hydrogen (secondary N) is 1. The average Bonchev–Trinajstić information content (AvgIpc) is 3.28. The third kappa shape index (κ3) is 5.24. The number of hydrogen-bond donors (Lipinski definition) is 2. The van der Waals surface area contributed by atoms with Gasteiger partial charge in [-0.15, -0.1) is 0 Å². The molecule has 5 aromatic rings. The summed E-state index contributed by atoms with van der Waals surface area (Å²) in [4.78, 5) is 4.83. The second-order valence-corrected chi connectivity index (χ2v) is 8.86. The largest absolute Gasteiger partial charge is 0.494 e. The number of nitrogens with zero attached hydrogens (tertiary/aromatic N) is 2. The van der Waals surface area contributed by atoms with Gasteiger partial charge in [-0.2, -0.15) is 5.10 Å². The molecule has 182 valence electrons. The molecule has 0 saturated carbocycles. The lowest BCUT2D eigenvalue weighted by Gasteiger charge is -2.16. The molecule has 36 heavy (non-hydrogen) atoms. The van der Waals surface area contributed by atoms with Gasteiger partial charge in [0.2, 0.25) is 0 Å². The molecule has 3 aromatic carbocycles. The summed E-state index contributed by atoms with van der Waals surface area (Å²) in [6, 6.07) is 26.4. The molecular formula is C30H30N4O2. The Morgan fingerprint density at radius 1 is 0.889 bits per heavy atom. The van der Waals surface area contributed by atoms with Gasteiger partial charge in [0, 0.05) is 22.6 Å². The molecule has 6 nitrogen and oxygen atoms in total. The number of benzene rings is 3. The minimum atomic E-state index is -0.122. The number of H-pyrrole nitrogens is 1. The number of aromatic nitrogens is 3. The van der Waals surface area contributed by atoms with Crippen LogP contribution in [0.25, 0.3) is 33.3 Å². The van der Waals surface area contributed by atoms with Crippen molar-refractivity contribution in [2.24, 2.45) is 5.73 Å². The molecule has 5 rings (SSSR count). The highest BCUT2D eigenvalue weighted by atomic mass is 16.5. The smallest absolute Gasteiger partial charge is 0.138 e. The van der Waals surface area contributed by atoms with Crippen molar-refractivity contribution in [3.63, 3.8) is 0 Å². The number of rotatable bonds is 9. The molecule has 0 aliphatic heterocycles. The quantitative estimate of drug-likeness (QED) is 0.273. The van der Waals surface area contributed by atoms with E-state index in [0.29, 0.717) is 19.0 Å². The van der Waals surface area contributed by atoms with E-state index >= 15 is 0 Å². The molecule has 0 amide bonds. The van der Waals surface area contributed by atoms with Crippen LogP contribution in [0, 0.1) is 6.92 Å². The van der Waals surface area contributed by atoms with E-state index in [1.165, 1.54) is 5.56 Å². The molecule has 0 aliphatic rings. The summed E-state index contributed by atoms with van der Waals surface area (Å²) in [5.74, 6) is 1.50. The van der Waals surface area contributed by atoms with Crippen LogP contribution < -0.4 is 15.2 Å². The predicted octanol–water partition coefficient (Wildman–Crippen LogP) is 5.95. The lowest BCUT2D eigenvalue weighted by atomic mass is 9.97. The van der Waals surface area contributed by atoms with Crippen molar-refractivity contribution in [2.45, 2.75) is 26.3 Å². The Kier molecular flexibility index (Phi) is 6.96. The van der Waals surface area contributed by atoms with Crippen molar-refractivity contribution >= 4 is 10.9 Å². The summed E-state index contributed by atoms with van der Waals surface area (Å²) in [5, 5.41) is 8.51. The van der Waals surface area contributed by atoms with Crippen molar-refractivity contribution in [2.75, 3.05) is 13.2 Å². The number of ether oxygens (including phenoxy) is 2. The molecule has 0 fully saturated rings. The normalized spacial score (nSPS) is 12.0. The molecule has 1 atom stereocenters. The molecule has 0 unspecified atom stereocenters. The zero-order valence-corrected chi connectivity index (χ0v) is 20.6. The van der Waals surface area contributed by atoms with Crippen molar-refractivity contribution in [1.82, 2.24) is 15.2 Å². The van der Waals surface area contributed by atoms with E-state index in [0.717, 1.165) is 51.2 Å². The Labute approximate surface area is 211 Å². The molecule has 2 aromatic heterocycles. The van der Waals surface area contributed by atoms with Crippen molar-refractivity contribution in [3.8, 4) is 33.9 Å². The summed E-state index contributed by atoms with van der Waals surface area (Å²) in [6.45, 7) is 4.99. The topological polar surface area (TPSA) is 86.0 Å². The van der Waals surface area contributed by atoms with E-state index in [-0.39, 0.29) is 6.04 Å². The highest BCUT2D eigenvalue weighted by Crippen LogP contribution is 2.36. The first-order valence-corrected chi connectivity index (χ1v) is 12.2. The first-order valence-electron chi connectivity index (χ1n) is 12.2. The lowest BCUT2D eigenvalue weighted by molar-refractivity contribution is 0.287. The van der Waals surface area contributed by atoms with E-state index < -0.39 is 0 Å². The van der Waals surface area contributed by atoms with Crippen LogP contribution >= 0.6 is 0 Å². The molecule has 0 saturated heterocycles. The fourth-order valence-electron chi connectivity index (χ4n) is 4.37. The minimum Gasteiger partial charge on any atom is -0.494 e. The van der Waals surface area contributed by atoms with Crippen LogP contribution in [0.15, 0.2) is 85.1 Å². The highest BCUT2D eigenvalue weighted by molar-refractivity contribution is 5.90. The molecule has 2 heterocycles. The van der Waals surface area contributed by atoms with E-state index in [9.17, 15) is 0 Å². The van der Waals surface area contributed by atoms with E-state index in [2.05, 4.69) is 34.5 Å². The summed E-state index contributed by atoms with van der Waals surface area (Å²) in [5.41, 5.74) is 13.4. The summed E-state index contributed by atoms with van der Waals surface area (Å²) in [6.07, 6.45) is 2.52. The zero-order chi connectivity index (χ0) is 24.9. The summed E-state index contributed by atoms with van der Waals surface area (Å²) >= 11 is 0. The van der Waals surface area contributed by atoms with Gasteiger partial charge in [-0.05, 0) is 61.7 Å². The van der Waals surface area contributed by atoms with Crippen molar-refractivity contribution in [3.05, 3.63) is 96.3 Å². The van der Waals surface area contributed by atoms with Gasteiger partial charge < -0.3 is 15.2 Å². The van der Waals surface area contributed by atoms with Crippen LogP contribution in [0.4, 0.5) is 0 Å². The lowest BCUT2D eigenvalue weighted by Crippen LogP contribution is -2.30. The van der Waals surface area contributed by atoms with E-state index in [1.807, 2.05) is 68.4 Å². The Bertz CT molecular complexity index is 1460.